The van der Waals surface area contributed by atoms with Crippen LogP contribution in [0.5, 0.6) is 0 Å². The molecule has 1 atom stereocenters. The Labute approximate surface area is 185 Å². The molecule has 1 N–H and O–H groups in total. The summed E-state index contributed by atoms with van der Waals surface area (Å²) in [4.78, 5) is 14.4. The van der Waals surface area contributed by atoms with Gasteiger partial charge in [0.15, 0.2) is 5.96 Å². The summed E-state index contributed by atoms with van der Waals surface area (Å²) < 4.78 is 13.1. The third-order valence-corrected chi connectivity index (χ3v) is 5.54. The Kier molecular flexibility index (Phi) is 9.23. The van der Waals surface area contributed by atoms with Gasteiger partial charge in [-0.2, -0.15) is 0 Å². The number of anilines is 1. The fourth-order valence-corrected chi connectivity index (χ4v) is 3.74. The maximum absolute atomic E-state index is 13.1. The lowest BCUT2D eigenvalue weighted by Gasteiger charge is -2.39. The van der Waals surface area contributed by atoms with Crippen molar-refractivity contribution < 1.29 is 4.39 Å². The third-order valence-electron chi connectivity index (χ3n) is 5.54. The van der Waals surface area contributed by atoms with Crippen LogP contribution >= 0.6 is 24.0 Å². The van der Waals surface area contributed by atoms with Crippen molar-refractivity contribution in [2.75, 3.05) is 77.9 Å². The number of piperazine rings is 2. The maximum atomic E-state index is 13.1. The van der Waals surface area contributed by atoms with Crippen molar-refractivity contribution in [3.05, 3.63) is 30.1 Å². The second-order valence-corrected chi connectivity index (χ2v) is 7.54. The van der Waals surface area contributed by atoms with E-state index < -0.39 is 0 Å². The highest BCUT2D eigenvalue weighted by atomic mass is 127. The number of hydrogen-bond donors (Lipinski definition) is 1. The third kappa shape index (κ3) is 6.18. The van der Waals surface area contributed by atoms with E-state index in [1.165, 1.54) is 12.1 Å². The van der Waals surface area contributed by atoms with E-state index in [9.17, 15) is 4.39 Å². The Morgan fingerprint density at radius 3 is 2.39 bits per heavy atom. The number of aliphatic imine (C=N–C) groups is 1. The van der Waals surface area contributed by atoms with Gasteiger partial charge in [0.1, 0.15) is 5.82 Å². The predicted octanol–water partition coefficient (Wildman–Crippen LogP) is 1.78. The zero-order valence-electron chi connectivity index (χ0n) is 17.3. The largest absolute Gasteiger partial charge is 0.368 e. The van der Waals surface area contributed by atoms with Crippen LogP contribution in [0.2, 0.25) is 0 Å². The number of guanidine groups is 1. The minimum atomic E-state index is -0.183. The second kappa shape index (κ2) is 11.2. The van der Waals surface area contributed by atoms with E-state index in [4.69, 9.17) is 4.99 Å². The summed E-state index contributed by atoms with van der Waals surface area (Å²) in [6.45, 7) is 10.8. The van der Waals surface area contributed by atoms with Crippen LogP contribution in [0.15, 0.2) is 29.3 Å². The highest BCUT2D eigenvalue weighted by molar-refractivity contribution is 14.0. The van der Waals surface area contributed by atoms with E-state index in [1.807, 2.05) is 12.1 Å². The number of benzene rings is 1. The number of nitrogens with zero attached hydrogens (tertiary/aromatic N) is 5. The quantitative estimate of drug-likeness (QED) is 0.385. The summed E-state index contributed by atoms with van der Waals surface area (Å²) in [6, 6.07) is 7.26. The lowest BCUT2D eigenvalue weighted by molar-refractivity contribution is 0.119. The smallest absolute Gasteiger partial charge is 0.194 e. The molecule has 0 radical (unpaired) electrons. The van der Waals surface area contributed by atoms with Crippen molar-refractivity contribution in [3.63, 3.8) is 0 Å². The summed E-state index contributed by atoms with van der Waals surface area (Å²) in [6.07, 6.45) is 0. The molecule has 2 heterocycles. The minimum absolute atomic E-state index is 0. The summed E-state index contributed by atoms with van der Waals surface area (Å²) in [5.41, 5.74) is 1.09. The standard InChI is InChI=1S/C20H33FN6.HI/c1-4-22-20(23-15-19-16-24(2)9-10-25(19)3)27-13-11-26(12-14-27)18-7-5-17(21)6-8-18;/h5-8,19H,4,9-16H2,1-3H3,(H,22,23);1H. The normalized spacial score (nSPS) is 22.1. The minimum Gasteiger partial charge on any atom is -0.368 e. The molecule has 1 unspecified atom stereocenters. The van der Waals surface area contributed by atoms with Crippen LogP contribution in [-0.4, -0.2) is 99.7 Å². The summed E-state index contributed by atoms with van der Waals surface area (Å²) in [5, 5.41) is 3.46. The molecule has 0 aliphatic carbocycles. The summed E-state index contributed by atoms with van der Waals surface area (Å²) in [5.74, 6) is 0.829. The first kappa shape index (κ1) is 23.2. The van der Waals surface area contributed by atoms with Crippen molar-refractivity contribution in [2.24, 2.45) is 4.99 Å². The first-order valence-corrected chi connectivity index (χ1v) is 9.99. The first-order valence-electron chi connectivity index (χ1n) is 9.99. The Balaban J connectivity index is 0.00000280. The van der Waals surface area contributed by atoms with Crippen molar-refractivity contribution in [2.45, 2.75) is 13.0 Å². The molecule has 0 saturated carbocycles. The molecule has 158 valence electrons. The van der Waals surface area contributed by atoms with E-state index in [2.05, 4.69) is 45.9 Å². The molecule has 6 nitrogen and oxygen atoms in total. The SMILES string of the molecule is CCNC(=NCC1CN(C)CCN1C)N1CCN(c2ccc(F)cc2)CC1.I. The molecule has 0 aromatic heterocycles. The molecule has 1 aromatic rings. The second-order valence-electron chi connectivity index (χ2n) is 7.54. The van der Waals surface area contributed by atoms with E-state index >= 15 is 0 Å². The molecule has 0 spiro atoms. The van der Waals surface area contributed by atoms with Crippen LogP contribution in [-0.2, 0) is 0 Å². The monoisotopic (exact) mass is 504 g/mol. The Hall–Kier alpha value is -1.13. The molecule has 2 aliphatic heterocycles. The van der Waals surface area contributed by atoms with Crippen molar-refractivity contribution in [1.29, 1.82) is 0 Å². The van der Waals surface area contributed by atoms with E-state index in [0.29, 0.717) is 6.04 Å². The molecule has 2 aliphatic rings. The van der Waals surface area contributed by atoms with Crippen LogP contribution in [0.3, 0.4) is 0 Å². The molecule has 1 aromatic carbocycles. The predicted molar refractivity (Wildman–Crippen MR) is 125 cm³/mol. The van der Waals surface area contributed by atoms with Gasteiger partial charge in [0.05, 0.1) is 6.54 Å². The molecule has 2 fully saturated rings. The fraction of sp³-hybridized carbons (Fsp3) is 0.650. The van der Waals surface area contributed by atoms with Gasteiger partial charge in [-0.3, -0.25) is 9.89 Å². The van der Waals surface area contributed by atoms with Gasteiger partial charge < -0.3 is 20.0 Å². The maximum Gasteiger partial charge on any atom is 0.194 e. The number of hydrogen-bond acceptors (Lipinski definition) is 4. The van der Waals surface area contributed by atoms with Crippen LogP contribution in [0.25, 0.3) is 0 Å². The Morgan fingerprint density at radius 1 is 1.07 bits per heavy atom. The zero-order valence-corrected chi connectivity index (χ0v) is 19.6. The summed E-state index contributed by atoms with van der Waals surface area (Å²) >= 11 is 0. The average molecular weight is 504 g/mol. The van der Waals surface area contributed by atoms with Gasteiger partial charge in [-0.05, 0) is 45.3 Å². The Bertz CT molecular complexity index is 618. The zero-order chi connectivity index (χ0) is 19.2. The van der Waals surface area contributed by atoms with Crippen molar-refractivity contribution in [3.8, 4) is 0 Å². The lowest BCUT2D eigenvalue weighted by atomic mass is 10.2. The van der Waals surface area contributed by atoms with Crippen LogP contribution in [0, 0.1) is 5.82 Å². The van der Waals surface area contributed by atoms with Gasteiger partial charge in [-0.15, -0.1) is 24.0 Å². The fourth-order valence-electron chi connectivity index (χ4n) is 3.74. The molecule has 3 rings (SSSR count). The van der Waals surface area contributed by atoms with Gasteiger partial charge in [-0.1, -0.05) is 0 Å². The number of rotatable bonds is 4. The van der Waals surface area contributed by atoms with Crippen LogP contribution in [0.1, 0.15) is 6.92 Å². The van der Waals surface area contributed by atoms with Gasteiger partial charge in [0.25, 0.3) is 0 Å². The molecular formula is C20H34FIN6. The van der Waals surface area contributed by atoms with E-state index in [1.54, 1.807) is 0 Å². The van der Waals surface area contributed by atoms with Crippen molar-refractivity contribution in [1.82, 2.24) is 20.0 Å². The van der Waals surface area contributed by atoms with Gasteiger partial charge in [-0.25, -0.2) is 4.39 Å². The highest BCUT2D eigenvalue weighted by Crippen LogP contribution is 2.17. The molecule has 8 heteroatoms. The molecule has 0 bridgehead atoms. The lowest BCUT2D eigenvalue weighted by Crippen LogP contribution is -2.54. The van der Waals surface area contributed by atoms with Gasteiger partial charge >= 0.3 is 0 Å². The molecule has 2 saturated heterocycles. The number of halogens is 2. The highest BCUT2D eigenvalue weighted by Gasteiger charge is 2.23. The number of likely N-dealkylation sites (N-methyl/N-ethyl adjacent to an activating group) is 2. The summed E-state index contributed by atoms with van der Waals surface area (Å²) in [7, 11) is 4.38. The number of nitrogens with one attached hydrogen (secondary N) is 1. The molecule has 28 heavy (non-hydrogen) atoms. The molecule has 0 amide bonds. The van der Waals surface area contributed by atoms with Gasteiger partial charge in [0.2, 0.25) is 0 Å². The molecular weight excluding hydrogens is 470 g/mol. The van der Waals surface area contributed by atoms with Crippen LogP contribution < -0.4 is 10.2 Å². The first-order chi connectivity index (χ1) is 13.1. The topological polar surface area (TPSA) is 37.4 Å². The average Bonchev–Trinajstić information content (AvgIpc) is 2.68. The van der Waals surface area contributed by atoms with Gasteiger partial charge in [0, 0.05) is 64.1 Å². The van der Waals surface area contributed by atoms with E-state index in [0.717, 1.165) is 70.5 Å². The van der Waals surface area contributed by atoms with E-state index in [-0.39, 0.29) is 29.8 Å². The van der Waals surface area contributed by atoms with Crippen LogP contribution in [0.4, 0.5) is 10.1 Å². The van der Waals surface area contributed by atoms with Crippen molar-refractivity contribution >= 4 is 35.6 Å². The Morgan fingerprint density at radius 2 is 1.75 bits per heavy atom.